The van der Waals surface area contributed by atoms with Gasteiger partial charge in [-0.3, -0.25) is 9.36 Å². The van der Waals surface area contributed by atoms with Gasteiger partial charge in [-0.05, 0) is 38.1 Å². The first kappa shape index (κ1) is 31.7. The molecule has 45 heavy (non-hydrogen) atoms. The average molecular weight is 666 g/mol. The topological polar surface area (TPSA) is 91.1 Å². The maximum atomic E-state index is 15.1. The summed E-state index contributed by atoms with van der Waals surface area (Å²) in [5.74, 6) is -0.584. The molecular formula is C30H31F4N5O4S2. The number of aliphatic hydroxyl groups excluding tert-OH is 1. The molecule has 6 rings (SSSR count). The van der Waals surface area contributed by atoms with E-state index in [1.165, 1.54) is 47.5 Å². The Morgan fingerprint density at radius 2 is 1.91 bits per heavy atom. The number of aromatic nitrogens is 2. The third-order valence-electron chi connectivity index (χ3n) is 8.50. The van der Waals surface area contributed by atoms with Gasteiger partial charge in [0, 0.05) is 66.5 Å². The van der Waals surface area contributed by atoms with Gasteiger partial charge < -0.3 is 24.5 Å². The van der Waals surface area contributed by atoms with Gasteiger partial charge in [0.1, 0.15) is 11.6 Å². The number of alkyl halides is 3. The number of carbonyl (C=O) groups is 1. The number of hydrogen-bond acceptors (Lipinski definition) is 9. The molecule has 0 aliphatic carbocycles. The van der Waals surface area contributed by atoms with Crippen LogP contribution in [0.25, 0.3) is 22.0 Å². The zero-order chi connectivity index (χ0) is 32.5. The van der Waals surface area contributed by atoms with Crippen LogP contribution in [0.2, 0.25) is 0 Å². The van der Waals surface area contributed by atoms with Crippen LogP contribution in [0.4, 0.5) is 29.1 Å². The van der Waals surface area contributed by atoms with Crippen molar-refractivity contribution in [1.82, 2.24) is 14.5 Å². The third-order valence-corrected chi connectivity index (χ3v) is 10.9. The van der Waals surface area contributed by atoms with Gasteiger partial charge in [0.15, 0.2) is 5.56 Å². The predicted octanol–water partition coefficient (Wildman–Crippen LogP) is 4.94. The van der Waals surface area contributed by atoms with Gasteiger partial charge in [0.05, 0.1) is 34.3 Å². The van der Waals surface area contributed by atoms with Crippen molar-refractivity contribution >= 4 is 51.8 Å². The maximum absolute atomic E-state index is 15.1. The first-order valence-electron chi connectivity index (χ1n) is 14.2. The number of benzene rings is 2. The molecule has 3 aromatic rings. The summed E-state index contributed by atoms with van der Waals surface area (Å²) in [6.45, 7) is 7.81. The monoisotopic (exact) mass is 665 g/mol. The zero-order valence-electron chi connectivity index (χ0n) is 24.9. The Kier molecular flexibility index (Phi) is 8.11. The van der Waals surface area contributed by atoms with Gasteiger partial charge in [0.25, 0.3) is 0 Å². The van der Waals surface area contributed by atoms with Gasteiger partial charge in [0.2, 0.25) is 5.91 Å². The van der Waals surface area contributed by atoms with E-state index >= 15 is 13.2 Å². The number of fused-ring (bicyclic) bond motifs is 1. The van der Waals surface area contributed by atoms with Crippen molar-refractivity contribution in [2.24, 2.45) is 0 Å². The van der Waals surface area contributed by atoms with Crippen molar-refractivity contribution in [3.63, 3.8) is 0 Å². The highest BCUT2D eigenvalue weighted by atomic mass is 32.2. The van der Waals surface area contributed by atoms with Crippen molar-refractivity contribution in [2.75, 3.05) is 49.4 Å². The normalized spacial score (nSPS) is 23.1. The lowest BCUT2D eigenvalue weighted by molar-refractivity contribution is -0.137. The summed E-state index contributed by atoms with van der Waals surface area (Å²) in [4.78, 5) is 35.7. The van der Waals surface area contributed by atoms with Crippen LogP contribution in [0.15, 0.2) is 45.4 Å². The standard InChI is InChI=1S/C30H31F4N5O4S2/c1-6-21(40)38-14(2)10-37(11-15(38)3)27-18-9-19(30(32,33)34)22(17-7-8-20(31)25-23(17)36(4)29(42)45-25)26-24(18)39(28(41)35-27)16(12-43-5)13-44-26/h6-9,14-16,29,42H,1,10-13H2,2-5H3/t14-,15+,16-,29?/m0/s1. The molecule has 0 spiro atoms. The molecule has 9 nitrogen and oxygen atoms in total. The van der Waals surface area contributed by atoms with Gasteiger partial charge in [-0.25, -0.2) is 9.18 Å². The highest BCUT2D eigenvalue weighted by molar-refractivity contribution is 8.00. The Morgan fingerprint density at radius 1 is 1.22 bits per heavy atom. The molecule has 1 fully saturated rings. The van der Waals surface area contributed by atoms with Crippen molar-refractivity contribution in [2.45, 2.75) is 53.5 Å². The Balaban J connectivity index is 1.67. The minimum Gasteiger partial charge on any atom is -0.383 e. The fourth-order valence-electron chi connectivity index (χ4n) is 6.68. The van der Waals surface area contributed by atoms with Crippen LogP contribution >= 0.6 is 23.5 Å². The highest BCUT2D eigenvalue weighted by Crippen LogP contribution is 2.55. The first-order chi connectivity index (χ1) is 21.3. The zero-order valence-corrected chi connectivity index (χ0v) is 26.5. The first-order valence-corrected chi connectivity index (χ1v) is 16.1. The number of hydrogen-bond donors (Lipinski definition) is 1. The van der Waals surface area contributed by atoms with Gasteiger partial charge in [-0.1, -0.05) is 18.3 Å². The van der Waals surface area contributed by atoms with E-state index in [0.29, 0.717) is 0 Å². The van der Waals surface area contributed by atoms with Crippen LogP contribution < -0.4 is 15.5 Å². The fourth-order valence-corrected chi connectivity index (χ4v) is 9.01. The lowest BCUT2D eigenvalue weighted by atomic mass is 9.94. The van der Waals surface area contributed by atoms with E-state index in [1.807, 2.05) is 13.8 Å². The average Bonchev–Trinajstić information content (AvgIpc) is 3.29. The number of halogens is 4. The molecule has 1 unspecified atom stereocenters. The Labute approximate surface area is 264 Å². The van der Waals surface area contributed by atoms with E-state index in [2.05, 4.69) is 11.6 Å². The summed E-state index contributed by atoms with van der Waals surface area (Å²) in [7, 11) is 2.97. The number of piperazine rings is 1. The Hall–Kier alpha value is -3.27. The van der Waals surface area contributed by atoms with Gasteiger partial charge in [-0.2, -0.15) is 18.2 Å². The number of ether oxygens (including phenoxy) is 1. The number of aliphatic hydroxyl groups is 1. The van der Waals surface area contributed by atoms with E-state index in [1.54, 1.807) is 9.80 Å². The van der Waals surface area contributed by atoms with Crippen molar-refractivity contribution in [1.29, 1.82) is 0 Å². The summed E-state index contributed by atoms with van der Waals surface area (Å²) >= 11 is 1.99. The summed E-state index contributed by atoms with van der Waals surface area (Å²) in [5.41, 5.74) is -2.47. The van der Waals surface area contributed by atoms with E-state index in [-0.39, 0.29) is 86.8 Å². The van der Waals surface area contributed by atoms with Gasteiger partial charge in [-0.15, -0.1) is 11.8 Å². The molecule has 15 heteroatoms. The van der Waals surface area contributed by atoms with Gasteiger partial charge >= 0.3 is 11.9 Å². The van der Waals surface area contributed by atoms with E-state index in [4.69, 9.17) is 4.74 Å². The highest BCUT2D eigenvalue weighted by Gasteiger charge is 2.42. The number of rotatable bonds is 5. The van der Waals surface area contributed by atoms with Crippen LogP contribution in [0, 0.1) is 5.82 Å². The SMILES string of the molecule is C=CC(=O)N1[C@H](C)CN(c2nc(=O)n3c4c(c(-c5ccc(F)c6c5N(C)C(O)S6)c(C(F)(F)F)cc24)SC[C@@H]3COC)C[C@@H]1C. The third kappa shape index (κ3) is 5.07. The van der Waals surface area contributed by atoms with E-state index in [9.17, 15) is 19.1 Å². The molecule has 1 saturated heterocycles. The van der Waals surface area contributed by atoms with Crippen molar-refractivity contribution in [3.8, 4) is 11.1 Å². The molecule has 1 N–H and O–H groups in total. The smallest absolute Gasteiger partial charge is 0.383 e. The molecule has 1 amide bonds. The molecule has 0 radical (unpaired) electrons. The number of amides is 1. The number of anilines is 2. The fraction of sp³-hybridized carbons (Fsp3) is 0.433. The molecule has 4 atom stereocenters. The lowest BCUT2D eigenvalue weighted by Crippen LogP contribution is -2.58. The molecule has 2 aromatic carbocycles. The minimum absolute atomic E-state index is 0.0451. The number of carbonyl (C=O) groups excluding carboxylic acids is 1. The molecule has 3 aliphatic heterocycles. The second-order valence-corrected chi connectivity index (χ2v) is 13.5. The van der Waals surface area contributed by atoms with Crippen molar-refractivity contribution in [3.05, 3.63) is 52.7 Å². The number of thioether (sulfide) groups is 2. The maximum Gasteiger partial charge on any atom is 0.417 e. The molecule has 0 saturated carbocycles. The summed E-state index contributed by atoms with van der Waals surface area (Å²) in [5, 5.41) is 10.6. The van der Waals surface area contributed by atoms with Crippen LogP contribution in [-0.4, -0.2) is 82.7 Å². The number of methoxy groups -OCH3 is 1. The number of nitrogens with zero attached hydrogens (tertiary/aromatic N) is 5. The van der Waals surface area contributed by atoms with Crippen LogP contribution in [-0.2, 0) is 15.7 Å². The van der Waals surface area contributed by atoms with Crippen LogP contribution in [0.1, 0.15) is 25.5 Å². The summed E-state index contributed by atoms with van der Waals surface area (Å²) in [6, 6.07) is 2.22. The second kappa shape index (κ2) is 11.5. The van der Waals surface area contributed by atoms with E-state index in [0.717, 1.165) is 23.9 Å². The summed E-state index contributed by atoms with van der Waals surface area (Å²) in [6.07, 6.45) is -3.62. The molecule has 1 aromatic heterocycles. The Morgan fingerprint density at radius 3 is 2.53 bits per heavy atom. The second-order valence-electron chi connectivity index (χ2n) is 11.4. The van der Waals surface area contributed by atoms with Crippen LogP contribution in [0.5, 0.6) is 0 Å². The molecule has 4 heterocycles. The molecule has 3 aliphatic rings. The quantitative estimate of drug-likeness (QED) is 0.301. The minimum atomic E-state index is -4.85. The lowest BCUT2D eigenvalue weighted by Gasteiger charge is -2.45. The van der Waals surface area contributed by atoms with Crippen LogP contribution in [0.3, 0.4) is 0 Å². The molecule has 0 bridgehead atoms. The Bertz CT molecular complexity index is 1770. The molecular weight excluding hydrogens is 634 g/mol. The van der Waals surface area contributed by atoms with E-state index < -0.39 is 34.8 Å². The predicted molar refractivity (Wildman–Crippen MR) is 166 cm³/mol. The molecule has 240 valence electrons. The van der Waals surface area contributed by atoms with Crippen molar-refractivity contribution < 1.29 is 32.2 Å². The largest absolute Gasteiger partial charge is 0.417 e. The summed E-state index contributed by atoms with van der Waals surface area (Å²) < 4.78 is 67.1.